The highest BCUT2D eigenvalue weighted by atomic mass is 19.4. The Kier molecular flexibility index (Phi) is 5.18. The van der Waals surface area contributed by atoms with Crippen molar-refractivity contribution in [3.8, 4) is 0 Å². The monoisotopic (exact) mass is 291 g/mol. The van der Waals surface area contributed by atoms with Gasteiger partial charge in [0.25, 0.3) is 0 Å². The zero-order valence-corrected chi connectivity index (χ0v) is 11.1. The maximum atomic E-state index is 12.3. The Bertz CT molecular complexity index is 478. The Morgan fingerprint density at radius 3 is 2.45 bits per heavy atom. The fourth-order valence-corrected chi connectivity index (χ4v) is 1.85. The van der Waals surface area contributed by atoms with E-state index in [9.17, 15) is 23.3 Å². The summed E-state index contributed by atoms with van der Waals surface area (Å²) in [5.41, 5.74) is 0.107. The molecule has 0 bridgehead atoms. The number of nitrogens with one attached hydrogen (secondary N) is 2. The van der Waals surface area contributed by atoms with E-state index in [1.165, 1.54) is 19.1 Å². The molecule has 0 aliphatic heterocycles. The summed E-state index contributed by atoms with van der Waals surface area (Å²) in [4.78, 5) is 10.5. The lowest BCUT2D eigenvalue weighted by Gasteiger charge is -2.18. The minimum Gasteiger partial charge on any atom is -0.380 e. The highest BCUT2D eigenvalue weighted by Gasteiger charge is 2.31. The summed E-state index contributed by atoms with van der Waals surface area (Å²) >= 11 is 0. The van der Waals surface area contributed by atoms with Gasteiger partial charge in [0.15, 0.2) is 0 Å². The van der Waals surface area contributed by atoms with Gasteiger partial charge in [-0.15, -0.1) is 0 Å². The molecule has 1 aromatic carbocycles. The second kappa shape index (κ2) is 6.44. The number of para-hydroxylation sites is 1. The molecule has 0 fully saturated rings. The van der Waals surface area contributed by atoms with Gasteiger partial charge in [0, 0.05) is 12.6 Å². The second-order valence-electron chi connectivity index (χ2n) is 4.35. The van der Waals surface area contributed by atoms with Crippen LogP contribution in [0.2, 0.25) is 0 Å². The van der Waals surface area contributed by atoms with E-state index in [0.717, 1.165) is 0 Å². The van der Waals surface area contributed by atoms with Crippen LogP contribution in [0.25, 0.3) is 0 Å². The average Bonchev–Trinajstić information content (AvgIpc) is 2.26. The van der Waals surface area contributed by atoms with Crippen LogP contribution in [-0.2, 0) is 0 Å². The summed E-state index contributed by atoms with van der Waals surface area (Å²) in [6, 6.07) is 3.51. The molecule has 0 aromatic heterocycles. The Hall–Kier alpha value is -1.99. The van der Waals surface area contributed by atoms with Gasteiger partial charge in [-0.2, -0.15) is 13.2 Å². The van der Waals surface area contributed by atoms with Gasteiger partial charge in [-0.1, -0.05) is 6.07 Å². The van der Waals surface area contributed by atoms with Crippen molar-refractivity contribution in [1.82, 2.24) is 0 Å². The summed E-state index contributed by atoms with van der Waals surface area (Å²) in [5.74, 6) is 0. The van der Waals surface area contributed by atoms with Gasteiger partial charge in [-0.05, 0) is 26.0 Å². The van der Waals surface area contributed by atoms with Gasteiger partial charge in [0.05, 0.1) is 11.3 Å². The second-order valence-corrected chi connectivity index (χ2v) is 4.35. The molecular weight excluding hydrogens is 275 g/mol. The lowest BCUT2D eigenvalue weighted by molar-refractivity contribution is -0.383. The zero-order valence-electron chi connectivity index (χ0n) is 11.1. The molecule has 0 spiro atoms. The lowest BCUT2D eigenvalue weighted by Crippen LogP contribution is -2.24. The number of rotatable bonds is 6. The summed E-state index contributed by atoms with van der Waals surface area (Å²) in [5, 5.41) is 16.4. The first-order valence-corrected chi connectivity index (χ1v) is 6.09. The molecule has 2 N–H and O–H groups in total. The lowest BCUT2D eigenvalue weighted by atomic mass is 10.1. The normalized spacial score (nSPS) is 12.8. The standard InChI is InChI=1S/C12H16F3N3O2/c1-3-16-9-5-4-6-10(11(9)18(19)20)17-8(2)7-12(13,14)15/h4-6,8,16-17H,3,7H2,1-2H3. The minimum atomic E-state index is -4.32. The predicted octanol–water partition coefficient (Wildman–Crippen LogP) is 3.78. The molecular formula is C12H16F3N3O2. The molecule has 0 saturated carbocycles. The van der Waals surface area contributed by atoms with Gasteiger partial charge < -0.3 is 10.6 Å². The molecule has 5 nitrogen and oxygen atoms in total. The SMILES string of the molecule is CCNc1cccc(NC(C)CC(F)(F)F)c1[N+](=O)[O-]. The van der Waals surface area contributed by atoms with E-state index in [-0.39, 0.29) is 17.1 Å². The van der Waals surface area contributed by atoms with Crippen molar-refractivity contribution in [2.75, 3.05) is 17.2 Å². The highest BCUT2D eigenvalue weighted by Crippen LogP contribution is 2.34. The van der Waals surface area contributed by atoms with Crippen LogP contribution < -0.4 is 10.6 Å². The molecule has 1 aromatic rings. The van der Waals surface area contributed by atoms with Crippen molar-refractivity contribution in [1.29, 1.82) is 0 Å². The van der Waals surface area contributed by atoms with Crippen molar-refractivity contribution in [2.24, 2.45) is 0 Å². The molecule has 0 radical (unpaired) electrons. The van der Waals surface area contributed by atoms with E-state index in [4.69, 9.17) is 0 Å². The van der Waals surface area contributed by atoms with E-state index >= 15 is 0 Å². The summed E-state index contributed by atoms with van der Waals surface area (Å²) in [6.45, 7) is 3.58. The van der Waals surface area contributed by atoms with Crippen LogP contribution in [-0.4, -0.2) is 23.7 Å². The van der Waals surface area contributed by atoms with Gasteiger partial charge in [0.1, 0.15) is 11.4 Å². The number of halogens is 3. The van der Waals surface area contributed by atoms with Crippen LogP contribution in [0.3, 0.4) is 0 Å². The first-order valence-electron chi connectivity index (χ1n) is 6.09. The van der Waals surface area contributed by atoms with Crippen LogP contribution in [0, 0.1) is 10.1 Å². The van der Waals surface area contributed by atoms with E-state index in [0.29, 0.717) is 6.54 Å². The third-order valence-electron chi connectivity index (χ3n) is 2.53. The maximum absolute atomic E-state index is 12.3. The Labute approximate surface area is 114 Å². The largest absolute Gasteiger partial charge is 0.391 e. The van der Waals surface area contributed by atoms with Crippen molar-refractivity contribution < 1.29 is 18.1 Å². The van der Waals surface area contributed by atoms with Gasteiger partial charge >= 0.3 is 11.9 Å². The smallest absolute Gasteiger partial charge is 0.380 e. The summed E-state index contributed by atoms with van der Waals surface area (Å²) in [7, 11) is 0. The van der Waals surface area contributed by atoms with Gasteiger partial charge in [-0.3, -0.25) is 10.1 Å². The van der Waals surface area contributed by atoms with Crippen LogP contribution in [0.4, 0.5) is 30.2 Å². The molecule has 1 atom stereocenters. The Morgan fingerprint density at radius 1 is 1.35 bits per heavy atom. The zero-order chi connectivity index (χ0) is 15.3. The van der Waals surface area contributed by atoms with Crippen molar-refractivity contribution >= 4 is 17.1 Å². The van der Waals surface area contributed by atoms with E-state index in [2.05, 4.69) is 10.6 Å². The minimum absolute atomic E-state index is 0.0743. The number of nitro groups is 1. The van der Waals surface area contributed by atoms with Crippen molar-refractivity contribution in [3.05, 3.63) is 28.3 Å². The number of anilines is 2. The molecule has 20 heavy (non-hydrogen) atoms. The third kappa shape index (κ3) is 4.60. The summed E-state index contributed by atoms with van der Waals surface area (Å²) < 4.78 is 36.8. The number of hydrogen-bond acceptors (Lipinski definition) is 4. The molecule has 0 saturated heterocycles. The van der Waals surface area contributed by atoms with Crippen LogP contribution in [0.1, 0.15) is 20.3 Å². The molecule has 1 unspecified atom stereocenters. The van der Waals surface area contributed by atoms with Crippen LogP contribution >= 0.6 is 0 Å². The van der Waals surface area contributed by atoms with Gasteiger partial charge in [-0.25, -0.2) is 0 Å². The molecule has 0 aliphatic rings. The molecule has 0 aliphatic carbocycles. The van der Waals surface area contributed by atoms with Crippen LogP contribution in [0.15, 0.2) is 18.2 Å². The number of alkyl halides is 3. The predicted molar refractivity (Wildman–Crippen MR) is 71.0 cm³/mol. The molecule has 112 valence electrons. The average molecular weight is 291 g/mol. The summed E-state index contributed by atoms with van der Waals surface area (Å²) in [6.07, 6.45) is -5.38. The van der Waals surface area contributed by atoms with E-state index < -0.39 is 23.6 Å². The highest BCUT2D eigenvalue weighted by molar-refractivity contribution is 5.76. The molecule has 0 heterocycles. The fourth-order valence-electron chi connectivity index (χ4n) is 1.85. The number of nitro benzene ring substituents is 1. The quantitative estimate of drug-likeness (QED) is 0.618. The number of hydrogen-bond donors (Lipinski definition) is 2. The van der Waals surface area contributed by atoms with Gasteiger partial charge in [0.2, 0.25) is 0 Å². The number of benzene rings is 1. The Balaban J connectivity index is 3.00. The maximum Gasteiger partial charge on any atom is 0.391 e. The molecule has 0 amide bonds. The van der Waals surface area contributed by atoms with E-state index in [1.807, 2.05) is 0 Å². The first-order chi connectivity index (χ1) is 9.24. The van der Waals surface area contributed by atoms with Crippen LogP contribution in [0.5, 0.6) is 0 Å². The first kappa shape index (κ1) is 16.1. The van der Waals surface area contributed by atoms with E-state index in [1.54, 1.807) is 13.0 Å². The van der Waals surface area contributed by atoms with Crippen molar-refractivity contribution in [3.63, 3.8) is 0 Å². The third-order valence-corrected chi connectivity index (χ3v) is 2.53. The van der Waals surface area contributed by atoms with Crippen molar-refractivity contribution in [2.45, 2.75) is 32.5 Å². The fraction of sp³-hybridized carbons (Fsp3) is 0.500. The molecule has 1 rings (SSSR count). The number of nitrogens with zero attached hydrogens (tertiary/aromatic N) is 1. The Morgan fingerprint density at radius 2 is 1.95 bits per heavy atom. The topological polar surface area (TPSA) is 67.2 Å². The molecule has 8 heteroatoms.